The van der Waals surface area contributed by atoms with E-state index in [1.165, 1.54) is 19.3 Å². The first-order chi connectivity index (χ1) is 5.36. The third-order valence-electron chi connectivity index (χ3n) is 2.45. The van der Waals surface area contributed by atoms with E-state index < -0.39 is 0 Å². The minimum atomic E-state index is 0.419. The highest BCUT2D eigenvalue weighted by Gasteiger charge is 2.20. The van der Waals surface area contributed by atoms with Crippen LogP contribution in [0.25, 0.3) is 0 Å². The highest BCUT2D eigenvalue weighted by atomic mass is 16.5. The molecule has 0 aliphatic heterocycles. The van der Waals surface area contributed by atoms with Gasteiger partial charge in [-0.15, -0.1) is 0 Å². The van der Waals surface area contributed by atoms with Gasteiger partial charge in [0.25, 0.3) is 0 Å². The third kappa shape index (κ3) is 2.51. The molecule has 1 fully saturated rings. The van der Waals surface area contributed by atoms with Crippen LogP contribution in [-0.2, 0) is 4.74 Å². The largest absolute Gasteiger partial charge is 0.381 e. The number of nitrogens with zero attached hydrogens (tertiary/aromatic N) is 1. The van der Waals surface area contributed by atoms with Crippen LogP contribution < -0.4 is 0 Å². The predicted octanol–water partition coefficient (Wildman–Crippen LogP) is 2.11. The van der Waals surface area contributed by atoms with Crippen LogP contribution in [0.2, 0.25) is 0 Å². The molecule has 0 aromatic carbocycles. The van der Waals surface area contributed by atoms with Gasteiger partial charge in [-0.1, -0.05) is 6.42 Å². The summed E-state index contributed by atoms with van der Waals surface area (Å²) in [4.78, 5) is 0. The Labute approximate surface area is 68.2 Å². The van der Waals surface area contributed by atoms with E-state index in [-0.39, 0.29) is 0 Å². The van der Waals surface area contributed by atoms with Crippen molar-refractivity contribution in [3.05, 3.63) is 0 Å². The van der Waals surface area contributed by atoms with Crippen molar-refractivity contribution in [3.8, 4) is 6.07 Å². The molecule has 1 aliphatic rings. The first-order valence-corrected chi connectivity index (χ1v) is 4.26. The van der Waals surface area contributed by atoms with E-state index in [0.29, 0.717) is 18.4 Å². The number of nitriles is 1. The molecule has 0 N–H and O–H groups in total. The lowest BCUT2D eigenvalue weighted by atomic mass is 9.85. The molecule has 2 unspecified atom stereocenters. The van der Waals surface area contributed by atoms with E-state index in [1.807, 2.05) is 0 Å². The van der Waals surface area contributed by atoms with E-state index in [2.05, 4.69) is 6.07 Å². The second-order valence-corrected chi connectivity index (χ2v) is 3.25. The second-order valence-electron chi connectivity index (χ2n) is 3.25. The quantitative estimate of drug-likeness (QED) is 0.608. The average molecular weight is 153 g/mol. The van der Waals surface area contributed by atoms with Gasteiger partial charge in [0.2, 0.25) is 0 Å². The number of hydrogen-bond acceptors (Lipinski definition) is 2. The molecule has 2 atom stereocenters. The summed E-state index contributed by atoms with van der Waals surface area (Å²) in [5.41, 5.74) is 0. The van der Waals surface area contributed by atoms with E-state index in [4.69, 9.17) is 10.00 Å². The maximum atomic E-state index is 8.49. The summed E-state index contributed by atoms with van der Waals surface area (Å²) in [5.74, 6) is 0.596. The van der Waals surface area contributed by atoms with Gasteiger partial charge in [0.15, 0.2) is 0 Å². The Morgan fingerprint density at radius 1 is 1.55 bits per heavy atom. The van der Waals surface area contributed by atoms with Gasteiger partial charge < -0.3 is 4.74 Å². The van der Waals surface area contributed by atoms with Gasteiger partial charge in [0, 0.05) is 13.5 Å². The van der Waals surface area contributed by atoms with Crippen LogP contribution >= 0.6 is 0 Å². The van der Waals surface area contributed by atoms with E-state index in [9.17, 15) is 0 Å². The fraction of sp³-hybridized carbons (Fsp3) is 0.889. The normalized spacial score (nSPS) is 31.3. The van der Waals surface area contributed by atoms with Crippen molar-refractivity contribution in [2.75, 3.05) is 7.11 Å². The molecule has 0 amide bonds. The lowest BCUT2D eigenvalue weighted by Crippen LogP contribution is -2.21. The van der Waals surface area contributed by atoms with Gasteiger partial charge in [-0.25, -0.2) is 0 Å². The first kappa shape index (κ1) is 8.55. The topological polar surface area (TPSA) is 33.0 Å². The number of rotatable bonds is 2. The number of ether oxygens (including phenoxy) is 1. The highest BCUT2D eigenvalue weighted by molar-refractivity contribution is 4.81. The molecule has 0 aromatic heterocycles. The predicted molar refractivity (Wildman–Crippen MR) is 43.0 cm³/mol. The van der Waals surface area contributed by atoms with E-state index >= 15 is 0 Å². The summed E-state index contributed by atoms with van der Waals surface area (Å²) in [6, 6.07) is 2.23. The standard InChI is InChI=1S/C9H15NO/c1-11-9-4-2-3-8(7-9)5-6-10/h8-9H,2-5,7H2,1H3. The van der Waals surface area contributed by atoms with Crippen LogP contribution in [0.1, 0.15) is 32.1 Å². The zero-order valence-corrected chi connectivity index (χ0v) is 7.05. The van der Waals surface area contributed by atoms with Gasteiger partial charge in [-0.3, -0.25) is 0 Å². The molecule has 1 aliphatic carbocycles. The summed E-state index contributed by atoms with van der Waals surface area (Å²) in [6.07, 6.45) is 5.84. The van der Waals surface area contributed by atoms with Crippen LogP contribution in [0.5, 0.6) is 0 Å². The Hall–Kier alpha value is -0.550. The van der Waals surface area contributed by atoms with E-state index in [0.717, 1.165) is 6.42 Å². The van der Waals surface area contributed by atoms with Gasteiger partial charge in [-0.05, 0) is 25.2 Å². The zero-order chi connectivity index (χ0) is 8.10. The SMILES string of the molecule is COC1CCCC(CC#N)C1. The molecule has 2 nitrogen and oxygen atoms in total. The maximum Gasteiger partial charge on any atom is 0.0624 e. The van der Waals surface area contributed by atoms with Crippen LogP contribution in [0, 0.1) is 17.2 Å². The maximum absolute atomic E-state index is 8.49. The fourth-order valence-electron chi connectivity index (χ4n) is 1.77. The van der Waals surface area contributed by atoms with Crippen LogP contribution in [0.15, 0.2) is 0 Å². The average Bonchev–Trinajstić information content (AvgIpc) is 2.06. The first-order valence-electron chi connectivity index (χ1n) is 4.26. The van der Waals surface area contributed by atoms with Crippen LogP contribution in [-0.4, -0.2) is 13.2 Å². The Kier molecular flexibility index (Phi) is 3.38. The summed E-state index contributed by atoms with van der Waals surface area (Å²) < 4.78 is 5.26. The van der Waals surface area contributed by atoms with Crippen molar-refractivity contribution in [1.29, 1.82) is 5.26 Å². The van der Waals surface area contributed by atoms with Crippen molar-refractivity contribution in [2.24, 2.45) is 5.92 Å². The summed E-state index contributed by atoms with van der Waals surface area (Å²) >= 11 is 0. The van der Waals surface area contributed by atoms with Crippen LogP contribution in [0.4, 0.5) is 0 Å². The molecule has 0 saturated heterocycles. The third-order valence-corrected chi connectivity index (χ3v) is 2.45. The summed E-state index contributed by atoms with van der Waals surface area (Å²) in [7, 11) is 1.76. The van der Waals surface area contributed by atoms with Crippen LogP contribution in [0.3, 0.4) is 0 Å². The van der Waals surface area contributed by atoms with Crippen molar-refractivity contribution < 1.29 is 4.74 Å². The lowest BCUT2D eigenvalue weighted by Gasteiger charge is -2.26. The number of methoxy groups -OCH3 is 1. The molecule has 2 heteroatoms. The monoisotopic (exact) mass is 153 g/mol. The number of hydrogen-bond donors (Lipinski definition) is 0. The molecule has 0 aromatic rings. The molecule has 11 heavy (non-hydrogen) atoms. The highest BCUT2D eigenvalue weighted by Crippen LogP contribution is 2.27. The Bertz CT molecular complexity index is 150. The molecular formula is C9H15NO. The smallest absolute Gasteiger partial charge is 0.0624 e. The van der Waals surface area contributed by atoms with Gasteiger partial charge in [0.1, 0.15) is 0 Å². The molecule has 62 valence electrons. The van der Waals surface area contributed by atoms with Crippen molar-refractivity contribution in [2.45, 2.75) is 38.2 Å². The second kappa shape index (κ2) is 4.35. The van der Waals surface area contributed by atoms with Gasteiger partial charge >= 0.3 is 0 Å². The molecule has 0 heterocycles. The van der Waals surface area contributed by atoms with Crippen molar-refractivity contribution >= 4 is 0 Å². The zero-order valence-electron chi connectivity index (χ0n) is 7.05. The molecule has 0 spiro atoms. The molecular weight excluding hydrogens is 138 g/mol. The fourth-order valence-corrected chi connectivity index (χ4v) is 1.77. The van der Waals surface area contributed by atoms with E-state index in [1.54, 1.807) is 7.11 Å². The molecule has 0 bridgehead atoms. The minimum Gasteiger partial charge on any atom is -0.381 e. The van der Waals surface area contributed by atoms with Crippen molar-refractivity contribution in [1.82, 2.24) is 0 Å². The lowest BCUT2D eigenvalue weighted by molar-refractivity contribution is 0.0516. The molecule has 1 saturated carbocycles. The Balaban J connectivity index is 2.28. The summed E-state index contributed by atoms with van der Waals surface area (Å²) in [6.45, 7) is 0. The molecule has 1 rings (SSSR count). The Morgan fingerprint density at radius 2 is 2.36 bits per heavy atom. The van der Waals surface area contributed by atoms with Gasteiger partial charge in [0.05, 0.1) is 12.2 Å². The van der Waals surface area contributed by atoms with Crippen molar-refractivity contribution in [3.63, 3.8) is 0 Å². The van der Waals surface area contributed by atoms with Gasteiger partial charge in [-0.2, -0.15) is 5.26 Å². The minimum absolute atomic E-state index is 0.419. The Morgan fingerprint density at radius 3 is 3.00 bits per heavy atom. The summed E-state index contributed by atoms with van der Waals surface area (Å²) in [5, 5.41) is 8.49. The molecule has 0 radical (unpaired) electrons.